The molecule has 2 heterocycles. The molecule has 0 saturated carbocycles. The standard InChI is InChI=1S/C18H21ClN4O2/c1-4-6-10-23-15(12-8-7-9-13(19)11-12)16-14(20-23)17(24)22(5-2)18(25)21(16)3/h7-9,11H,4-6,10H2,1-3H3. The molecule has 7 heteroatoms. The van der Waals surface area contributed by atoms with E-state index in [4.69, 9.17) is 11.6 Å². The maximum Gasteiger partial charge on any atom is 0.331 e. The molecule has 0 aliphatic heterocycles. The van der Waals surface area contributed by atoms with Gasteiger partial charge in [0.1, 0.15) is 5.52 Å². The molecule has 0 aliphatic rings. The summed E-state index contributed by atoms with van der Waals surface area (Å²) in [7, 11) is 1.68. The Kier molecular flexibility index (Phi) is 4.81. The topological polar surface area (TPSA) is 61.8 Å². The maximum atomic E-state index is 12.7. The van der Waals surface area contributed by atoms with E-state index in [1.54, 1.807) is 20.0 Å². The van der Waals surface area contributed by atoms with Gasteiger partial charge in [0.2, 0.25) is 0 Å². The van der Waals surface area contributed by atoms with E-state index in [0.29, 0.717) is 29.1 Å². The highest BCUT2D eigenvalue weighted by Gasteiger charge is 2.21. The molecule has 132 valence electrons. The van der Waals surface area contributed by atoms with Crippen molar-refractivity contribution >= 4 is 22.6 Å². The summed E-state index contributed by atoms with van der Waals surface area (Å²) in [6.07, 6.45) is 1.93. The van der Waals surface area contributed by atoms with Crippen LogP contribution in [0.3, 0.4) is 0 Å². The summed E-state index contributed by atoms with van der Waals surface area (Å²) < 4.78 is 4.54. The van der Waals surface area contributed by atoms with E-state index in [1.165, 1.54) is 9.13 Å². The first kappa shape index (κ1) is 17.5. The molecule has 0 fully saturated rings. The number of unbranched alkanes of at least 4 members (excludes halogenated alkanes) is 1. The molecule has 0 spiro atoms. The Hall–Kier alpha value is -2.34. The zero-order valence-corrected chi connectivity index (χ0v) is 15.4. The van der Waals surface area contributed by atoms with Crippen molar-refractivity contribution in [1.29, 1.82) is 0 Å². The fourth-order valence-corrected chi connectivity index (χ4v) is 3.27. The minimum Gasteiger partial charge on any atom is -0.293 e. The van der Waals surface area contributed by atoms with Crippen molar-refractivity contribution in [2.45, 2.75) is 39.8 Å². The SMILES string of the molecule is CCCCn1nc2c(=O)n(CC)c(=O)n(C)c2c1-c1cccc(Cl)c1. The lowest BCUT2D eigenvalue weighted by Crippen LogP contribution is -2.38. The van der Waals surface area contributed by atoms with Crippen molar-refractivity contribution in [2.75, 3.05) is 0 Å². The molecule has 0 radical (unpaired) electrons. The summed E-state index contributed by atoms with van der Waals surface area (Å²) >= 11 is 6.16. The first-order chi connectivity index (χ1) is 12.0. The van der Waals surface area contributed by atoms with Crippen LogP contribution < -0.4 is 11.2 Å². The first-order valence-electron chi connectivity index (χ1n) is 8.45. The molecule has 0 aliphatic carbocycles. The largest absolute Gasteiger partial charge is 0.331 e. The molecule has 2 aromatic heterocycles. The maximum absolute atomic E-state index is 12.7. The number of halogens is 1. The van der Waals surface area contributed by atoms with E-state index in [2.05, 4.69) is 12.0 Å². The Morgan fingerprint density at radius 1 is 1.20 bits per heavy atom. The van der Waals surface area contributed by atoms with Crippen LogP contribution in [0.25, 0.3) is 22.3 Å². The number of aryl methyl sites for hydroxylation is 2. The van der Waals surface area contributed by atoms with Crippen LogP contribution in [0.2, 0.25) is 5.02 Å². The number of benzene rings is 1. The molecule has 0 N–H and O–H groups in total. The second kappa shape index (κ2) is 6.88. The summed E-state index contributed by atoms with van der Waals surface area (Å²) in [6.45, 7) is 4.87. The van der Waals surface area contributed by atoms with Gasteiger partial charge in [0.25, 0.3) is 5.56 Å². The highest BCUT2D eigenvalue weighted by Crippen LogP contribution is 2.28. The zero-order valence-electron chi connectivity index (χ0n) is 14.6. The Balaban J connectivity index is 2.44. The normalized spacial score (nSPS) is 11.4. The number of aromatic nitrogens is 4. The van der Waals surface area contributed by atoms with Gasteiger partial charge in [-0.3, -0.25) is 18.6 Å². The van der Waals surface area contributed by atoms with Crippen LogP contribution in [-0.2, 0) is 20.1 Å². The van der Waals surface area contributed by atoms with Crippen LogP contribution in [-0.4, -0.2) is 18.9 Å². The number of hydrogen-bond donors (Lipinski definition) is 0. The van der Waals surface area contributed by atoms with Gasteiger partial charge in [0.05, 0.1) is 5.69 Å². The van der Waals surface area contributed by atoms with Gasteiger partial charge in [-0.05, 0) is 25.5 Å². The van der Waals surface area contributed by atoms with Crippen molar-refractivity contribution < 1.29 is 0 Å². The fourth-order valence-electron chi connectivity index (χ4n) is 3.08. The molecular formula is C18H21ClN4O2. The molecule has 3 rings (SSSR count). The fraction of sp³-hybridized carbons (Fsp3) is 0.389. The smallest absolute Gasteiger partial charge is 0.293 e. The van der Waals surface area contributed by atoms with Crippen LogP contribution in [0, 0.1) is 0 Å². The van der Waals surface area contributed by atoms with Crippen LogP contribution in [0.4, 0.5) is 0 Å². The van der Waals surface area contributed by atoms with Gasteiger partial charge in [0, 0.05) is 30.7 Å². The summed E-state index contributed by atoms with van der Waals surface area (Å²) in [6, 6.07) is 7.39. The minimum atomic E-state index is -0.348. The second-order valence-corrected chi connectivity index (χ2v) is 6.46. The monoisotopic (exact) mass is 360 g/mol. The van der Waals surface area contributed by atoms with E-state index in [9.17, 15) is 9.59 Å². The average molecular weight is 361 g/mol. The van der Waals surface area contributed by atoms with Crippen LogP contribution in [0.5, 0.6) is 0 Å². The van der Waals surface area contributed by atoms with Crippen molar-refractivity contribution in [3.05, 3.63) is 50.1 Å². The highest BCUT2D eigenvalue weighted by molar-refractivity contribution is 6.30. The van der Waals surface area contributed by atoms with Crippen molar-refractivity contribution in [3.8, 4) is 11.3 Å². The molecule has 0 unspecified atom stereocenters. The average Bonchev–Trinajstić information content (AvgIpc) is 2.98. The highest BCUT2D eigenvalue weighted by atomic mass is 35.5. The minimum absolute atomic E-state index is 0.315. The molecule has 25 heavy (non-hydrogen) atoms. The van der Waals surface area contributed by atoms with Crippen molar-refractivity contribution in [2.24, 2.45) is 7.05 Å². The van der Waals surface area contributed by atoms with Crippen molar-refractivity contribution in [1.82, 2.24) is 18.9 Å². The van der Waals surface area contributed by atoms with E-state index in [-0.39, 0.29) is 11.2 Å². The van der Waals surface area contributed by atoms with Crippen LogP contribution in [0.15, 0.2) is 33.9 Å². The number of fused-ring (bicyclic) bond motifs is 1. The molecule has 0 amide bonds. The predicted octanol–water partition coefficient (Wildman–Crippen LogP) is 3.04. The van der Waals surface area contributed by atoms with Gasteiger partial charge in [-0.15, -0.1) is 0 Å². The molecule has 3 aromatic rings. The van der Waals surface area contributed by atoms with E-state index >= 15 is 0 Å². The van der Waals surface area contributed by atoms with Gasteiger partial charge in [0.15, 0.2) is 5.52 Å². The Labute approximate surface area is 150 Å². The Bertz CT molecular complexity index is 1050. The van der Waals surface area contributed by atoms with Crippen LogP contribution >= 0.6 is 11.6 Å². The third-order valence-electron chi connectivity index (χ3n) is 4.37. The summed E-state index contributed by atoms with van der Waals surface area (Å²) in [4.78, 5) is 25.3. The van der Waals surface area contributed by atoms with Crippen molar-refractivity contribution in [3.63, 3.8) is 0 Å². The van der Waals surface area contributed by atoms with E-state index in [1.807, 2.05) is 22.9 Å². The number of hydrogen-bond acceptors (Lipinski definition) is 3. The Morgan fingerprint density at radius 3 is 2.60 bits per heavy atom. The summed E-state index contributed by atoms with van der Waals surface area (Å²) in [5, 5.41) is 5.14. The third-order valence-corrected chi connectivity index (χ3v) is 4.60. The quantitative estimate of drug-likeness (QED) is 0.702. The molecule has 0 bridgehead atoms. The van der Waals surface area contributed by atoms with Gasteiger partial charge in [-0.2, -0.15) is 5.10 Å². The second-order valence-electron chi connectivity index (χ2n) is 6.02. The van der Waals surface area contributed by atoms with Crippen LogP contribution in [0.1, 0.15) is 26.7 Å². The lowest BCUT2D eigenvalue weighted by atomic mass is 10.1. The third kappa shape index (κ3) is 2.91. The molecule has 0 saturated heterocycles. The van der Waals surface area contributed by atoms with Gasteiger partial charge in [-0.1, -0.05) is 37.1 Å². The lowest BCUT2D eigenvalue weighted by Gasteiger charge is -2.10. The van der Waals surface area contributed by atoms with Gasteiger partial charge >= 0.3 is 5.69 Å². The first-order valence-corrected chi connectivity index (χ1v) is 8.83. The molecule has 0 atom stereocenters. The number of rotatable bonds is 5. The molecule has 1 aromatic carbocycles. The lowest BCUT2D eigenvalue weighted by molar-refractivity contribution is 0.581. The summed E-state index contributed by atoms with van der Waals surface area (Å²) in [5.74, 6) is 0. The van der Waals surface area contributed by atoms with Gasteiger partial charge < -0.3 is 0 Å². The summed E-state index contributed by atoms with van der Waals surface area (Å²) in [5.41, 5.74) is 1.78. The Morgan fingerprint density at radius 2 is 1.96 bits per heavy atom. The number of nitrogens with zero attached hydrogens (tertiary/aromatic N) is 4. The zero-order chi connectivity index (χ0) is 18.1. The van der Waals surface area contributed by atoms with E-state index < -0.39 is 0 Å². The molecular weight excluding hydrogens is 340 g/mol. The molecule has 6 nitrogen and oxygen atoms in total. The van der Waals surface area contributed by atoms with Gasteiger partial charge in [-0.25, -0.2) is 4.79 Å². The predicted molar refractivity (Wildman–Crippen MR) is 100 cm³/mol. The van der Waals surface area contributed by atoms with E-state index in [0.717, 1.165) is 24.1 Å².